The number of carbonyl (C=O) groups is 2. The average Bonchev–Trinajstić information content (AvgIpc) is 3.32. The monoisotopic (exact) mass is 634 g/mol. The molecule has 240 valence electrons. The second-order valence-electron chi connectivity index (χ2n) is 11.3. The highest BCUT2D eigenvalue weighted by atomic mass is 32.2. The number of halogens is 2. The van der Waals surface area contributed by atoms with E-state index >= 15 is 0 Å². The molecule has 1 aromatic heterocycles. The first kappa shape index (κ1) is 33.3. The van der Waals surface area contributed by atoms with E-state index in [4.69, 9.17) is 9.90 Å². The van der Waals surface area contributed by atoms with Crippen LogP contribution in [-0.2, 0) is 34.2 Å². The molecule has 0 saturated heterocycles. The Morgan fingerprint density at radius 1 is 1.18 bits per heavy atom. The summed E-state index contributed by atoms with van der Waals surface area (Å²) in [6, 6.07) is 12.1. The number of hydrogen-bond acceptors (Lipinski definition) is 6. The van der Waals surface area contributed by atoms with Gasteiger partial charge >= 0.3 is 0 Å². The molecular weight excluding hydrogens is 594 g/mol. The van der Waals surface area contributed by atoms with Crippen molar-refractivity contribution in [1.82, 2.24) is 15.2 Å². The number of benzene rings is 2. The maximum Gasteiger partial charge on any atom is 0.290 e. The third kappa shape index (κ3) is 7.74. The average molecular weight is 635 g/mol. The first-order chi connectivity index (χ1) is 20.9. The van der Waals surface area contributed by atoms with Crippen molar-refractivity contribution < 1.29 is 37.0 Å². The van der Waals surface area contributed by atoms with Gasteiger partial charge in [0.15, 0.2) is 0 Å². The molecule has 5 rings (SSSR count). The first-order valence-electron chi connectivity index (χ1n) is 14.7. The maximum absolute atomic E-state index is 13.7. The Labute approximate surface area is 256 Å². The van der Waals surface area contributed by atoms with E-state index in [1.165, 1.54) is 11.4 Å². The Morgan fingerprint density at radius 3 is 2.48 bits per heavy atom. The molecule has 0 radical (unpaired) electrons. The molecule has 0 spiro atoms. The Hall–Kier alpha value is -3.55. The highest BCUT2D eigenvalue weighted by Gasteiger charge is 2.35. The minimum atomic E-state index is -3.55. The number of carboxylic acid groups (broad SMARTS) is 1. The largest absolute Gasteiger partial charge is 0.483 e. The Morgan fingerprint density at radius 2 is 1.84 bits per heavy atom. The Bertz CT molecular complexity index is 1550. The van der Waals surface area contributed by atoms with Crippen LogP contribution in [0.4, 0.5) is 14.5 Å². The number of hydrogen-bond donors (Lipinski definition) is 4. The van der Waals surface area contributed by atoms with E-state index in [0.717, 1.165) is 22.0 Å². The van der Waals surface area contributed by atoms with Crippen LogP contribution in [0.25, 0.3) is 10.9 Å². The van der Waals surface area contributed by atoms with Gasteiger partial charge in [-0.2, -0.15) is 0 Å². The minimum absolute atomic E-state index is 0.0144. The predicted molar refractivity (Wildman–Crippen MR) is 165 cm³/mol. The second-order valence-corrected chi connectivity index (χ2v) is 13.5. The van der Waals surface area contributed by atoms with Crippen molar-refractivity contribution in [2.45, 2.75) is 76.1 Å². The van der Waals surface area contributed by atoms with Crippen molar-refractivity contribution in [3.63, 3.8) is 0 Å². The number of nitrogens with one attached hydrogen (secondary N) is 2. The number of aliphatic hydroxyl groups is 1. The molecule has 3 aromatic rings. The quantitative estimate of drug-likeness (QED) is 0.264. The van der Waals surface area contributed by atoms with E-state index in [0.29, 0.717) is 43.5 Å². The SMILES string of the molecule is CCn1cc2c3c(cc(C(=O)N[C@@H](Cc4ccccc4)[C@H](O)CNC4CCC(F)(F)CC4)cc31)N(C)S(=O)(=O)CC2.O=CO. The standard InChI is InChI=1S/C30H38F2N4O4S.CH2O2/c1-3-36-19-21-11-14-41(39,40)35(2)25-16-22(17-26(36)28(21)25)29(38)34-24(15-20-7-5-4-6-8-20)27(37)18-33-23-9-12-30(31,32)13-10-23;2-1-3/h4-8,16-17,19,23-24,27,33,37H,3,9-15,18H2,1-2H3,(H,34,38);1H,(H,2,3)/t24-,27+;/m0./s1. The molecule has 2 aromatic carbocycles. The van der Waals surface area contributed by atoms with Crippen LogP contribution >= 0.6 is 0 Å². The number of anilines is 1. The molecule has 2 atom stereocenters. The summed E-state index contributed by atoms with van der Waals surface area (Å²) in [7, 11) is -2.04. The van der Waals surface area contributed by atoms with Gasteiger partial charge in [0.05, 0.1) is 29.1 Å². The van der Waals surface area contributed by atoms with Gasteiger partial charge in [0.2, 0.25) is 15.9 Å². The van der Waals surface area contributed by atoms with Gasteiger partial charge in [-0.15, -0.1) is 0 Å². The molecule has 4 N–H and O–H groups in total. The van der Waals surface area contributed by atoms with E-state index in [9.17, 15) is 27.1 Å². The molecule has 2 aliphatic rings. The number of sulfonamides is 1. The molecule has 10 nitrogen and oxygen atoms in total. The molecule has 1 amide bonds. The fourth-order valence-electron chi connectivity index (χ4n) is 5.92. The van der Waals surface area contributed by atoms with Gasteiger partial charge in [-0.05, 0) is 55.9 Å². The number of carbonyl (C=O) groups excluding carboxylic acids is 1. The van der Waals surface area contributed by atoms with Crippen molar-refractivity contribution >= 4 is 39.0 Å². The highest BCUT2D eigenvalue weighted by Crippen LogP contribution is 2.37. The lowest BCUT2D eigenvalue weighted by Gasteiger charge is -2.31. The van der Waals surface area contributed by atoms with E-state index in [2.05, 4.69) is 10.6 Å². The van der Waals surface area contributed by atoms with Crippen LogP contribution in [0.3, 0.4) is 0 Å². The van der Waals surface area contributed by atoms with E-state index in [1.807, 2.05) is 48.0 Å². The lowest BCUT2D eigenvalue weighted by molar-refractivity contribution is -0.122. The van der Waals surface area contributed by atoms with Gasteiger partial charge in [0.1, 0.15) is 0 Å². The van der Waals surface area contributed by atoms with Gasteiger partial charge in [0, 0.05) is 56.2 Å². The van der Waals surface area contributed by atoms with Crippen molar-refractivity contribution in [2.75, 3.05) is 23.7 Å². The molecular formula is C31H40F2N4O6S. The normalized spacial score (nSPS) is 18.9. The second kappa shape index (κ2) is 14.0. The summed E-state index contributed by atoms with van der Waals surface area (Å²) in [4.78, 5) is 22.1. The van der Waals surface area contributed by atoms with Crippen molar-refractivity contribution in [1.29, 1.82) is 0 Å². The number of amides is 1. The van der Waals surface area contributed by atoms with Crippen LogP contribution in [-0.4, -0.2) is 79.0 Å². The van der Waals surface area contributed by atoms with Gasteiger partial charge in [-0.25, -0.2) is 17.2 Å². The summed E-state index contributed by atoms with van der Waals surface area (Å²) in [5.74, 6) is -3.08. The lowest BCUT2D eigenvalue weighted by atomic mass is 9.92. The Kier molecular flexibility index (Phi) is 10.6. The van der Waals surface area contributed by atoms with E-state index < -0.39 is 34.0 Å². The third-order valence-electron chi connectivity index (χ3n) is 8.44. The smallest absolute Gasteiger partial charge is 0.290 e. The summed E-state index contributed by atoms with van der Waals surface area (Å²) in [6.07, 6.45) is 2.02. The molecule has 13 heteroatoms. The molecule has 0 bridgehead atoms. The van der Waals surface area contributed by atoms with Crippen LogP contribution in [0.2, 0.25) is 0 Å². The zero-order valence-corrected chi connectivity index (χ0v) is 25.7. The molecule has 44 heavy (non-hydrogen) atoms. The Balaban J connectivity index is 0.00000141. The van der Waals surface area contributed by atoms with Gasteiger partial charge < -0.3 is 25.4 Å². The molecule has 0 unspecified atom stereocenters. The van der Waals surface area contributed by atoms with Crippen LogP contribution < -0.4 is 14.9 Å². The summed E-state index contributed by atoms with van der Waals surface area (Å²) < 4.78 is 56.2. The minimum Gasteiger partial charge on any atom is -0.483 e. The van der Waals surface area contributed by atoms with Gasteiger partial charge in [-0.3, -0.25) is 13.9 Å². The van der Waals surface area contributed by atoms with Gasteiger partial charge in [-0.1, -0.05) is 30.3 Å². The fraction of sp³-hybridized carbons (Fsp3) is 0.484. The highest BCUT2D eigenvalue weighted by molar-refractivity contribution is 7.92. The van der Waals surface area contributed by atoms with Crippen molar-refractivity contribution in [3.8, 4) is 0 Å². The summed E-state index contributed by atoms with van der Waals surface area (Å²) in [5, 5.41) is 25.1. The zero-order valence-electron chi connectivity index (χ0n) is 24.9. The summed E-state index contributed by atoms with van der Waals surface area (Å²) in [6.45, 7) is 2.54. The van der Waals surface area contributed by atoms with Crippen molar-refractivity contribution in [3.05, 3.63) is 65.4 Å². The van der Waals surface area contributed by atoms with Gasteiger partial charge in [0.25, 0.3) is 12.4 Å². The molecule has 2 heterocycles. The topological polar surface area (TPSA) is 141 Å². The number of aliphatic hydroxyl groups excluding tert-OH is 1. The van der Waals surface area contributed by atoms with Crippen LogP contribution in [0.1, 0.15) is 54.1 Å². The van der Waals surface area contributed by atoms with E-state index in [1.54, 1.807) is 12.1 Å². The summed E-state index contributed by atoms with van der Waals surface area (Å²) in [5.41, 5.74) is 3.39. The molecule has 1 fully saturated rings. The first-order valence-corrected chi connectivity index (χ1v) is 16.3. The number of rotatable bonds is 9. The van der Waals surface area contributed by atoms with Crippen molar-refractivity contribution in [2.24, 2.45) is 0 Å². The number of alkyl halides is 2. The van der Waals surface area contributed by atoms with Crippen LogP contribution in [0.5, 0.6) is 0 Å². The summed E-state index contributed by atoms with van der Waals surface area (Å²) >= 11 is 0. The van der Waals surface area contributed by atoms with E-state index in [-0.39, 0.29) is 37.7 Å². The van der Waals surface area contributed by atoms with Crippen LogP contribution in [0, 0.1) is 0 Å². The fourth-order valence-corrected chi connectivity index (χ4v) is 7.12. The molecule has 1 saturated carbocycles. The number of aromatic nitrogens is 1. The third-order valence-corrected chi connectivity index (χ3v) is 10.2. The number of nitrogens with zero attached hydrogens (tertiary/aromatic N) is 2. The molecule has 1 aliphatic carbocycles. The predicted octanol–water partition coefficient (Wildman–Crippen LogP) is 3.55. The maximum atomic E-state index is 13.7. The number of aryl methyl sites for hydroxylation is 2. The molecule has 1 aliphatic heterocycles. The van der Waals surface area contributed by atoms with Crippen LogP contribution in [0.15, 0.2) is 48.7 Å². The zero-order chi connectivity index (χ0) is 32.1. The lowest BCUT2D eigenvalue weighted by Crippen LogP contribution is -2.50.